The van der Waals surface area contributed by atoms with Crippen LogP contribution in [0.25, 0.3) is 0 Å². The summed E-state index contributed by atoms with van der Waals surface area (Å²) in [6.07, 6.45) is 0. The number of hydrogen-bond donors (Lipinski definition) is 4. The van der Waals surface area contributed by atoms with Gasteiger partial charge in [0.15, 0.2) is 13.1 Å². The summed E-state index contributed by atoms with van der Waals surface area (Å²) in [6, 6.07) is 10.3. The van der Waals surface area contributed by atoms with Gasteiger partial charge in [-0.1, -0.05) is 11.6 Å². The smallest absolute Gasteiger partial charge is 0.279 e. The van der Waals surface area contributed by atoms with E-state index < -0.39 is 10.0 Å². The van der Waals surface area contributed by atoms with Crippen molar-refractivity contribution in [3.05, 3.63) is 47.5 Å². The number of likely N-dealkylation sites (N-methyl/N-ethyl adjacent to an activating group) is 1. The van der Waals surface area contributed by atoms with Crippen LogP contribution in [0.15, 0.2) is 47.4 Å². The van der Waals surface area contributed by atoms with Gasteiger partial charge in [0.05, 0.1) is 24.7 Å². The first-order valence-corrected chi connectivity index (χ1v) is 10.4. The zero-order chi connectivity index (χ0) is 21.6. The third-order valence-electron chi connectivity index (χ3n) is 3.83. The van der Waals surface area contributed by atoms with Gasteiger partial charge in [0.2, 0.25) is 10.0 Å². The number of halogens is 1. The van der Waals surface area contributed by atoms with Crippen LogP contribution in [0.1, 0.15) is 0 Å². The van der Waals surface area contributed by atoms with Crippen molar-refractivity contribution in [3.8, 4) is 5.75 Å². The van der Waals surface area contributed by atoms with E-state index in [4.69, 9.17) is 21.5 Å². The molecular weight excluding hydrogens is 420 g/mol. The maximum Gasteiger partial charge on any atom is 0.279 e. The van der Waals surface area contributed by atoms with Crippen molar-refractivity contribution in [3.63, 3.8) is 0 Å². The summed E-state index contributed by atoms with van der Waals surface area (Å²) in [6.45, 7) is 0.0600. The summed E-state index contributed by atoms with van der Waals surface area (Å²) < 4.78 is 27.7. The number of anilines is 2. The Morgan fingerprint density at radius 3 is 2.21 bits per heavy atom. The van der Waals surface area contributed by atoms with Gasteiger partial charge in [0, 0.05) is 10.7 Å². The molecule has 5 N–H and O–H groups in total. The lowest BCUT2D eigenvalue weighted by Crippen LogP contribution is -3.11. The minimum atomic E-state index is -3.79. The number of quaternary nitrogens is 1. The molecular formula is C18H22ClN4O5S+. The molecule has 0 fully saturated rings. The number of rotatable bonds is 8. The summed E-state index contributed by atoms with van der Waals surface area (Å²) in [5.41, 5.74) is 0.862. The lowest BCUT2D eigenvalue weighted by atomic mass is 10.3. The van der Waals surface area contributed by atoms with E-state index in [9.17, 15) is 18.0 Å². The molecule has 156 valence electrons. The van der Waals surface area contributed by atoms with Crippen LogP contribution in [-0.2, 0) is 19.6 Å². The SMILES string of the molecule is COc1ccc(Cl)cc1NC(=O)C[NH+](C)CC(=O)Nc1ccc(S(N)(=O)=O)cc1. The minimum Gasteiger partial charge on any atom is -0.495 e. The van der Waals surface area contributed by atoms with Gasteiger partial charge in [-0.05, 0) is 42.5 Å². The molecule has 0 heterocycles. The number of hydrogen-bond acceptors (Lipinski definition) is 5. The molecule has 0 aliphatic carbocycles. The van der Waals surface area contributed by atoms with Gasteiger partial charge in [-0.15, -0.1) is 0 Å². The summed E-state index contributed by atoms with van der Waals surface area (Å²) in [4.78, 5) is 25.0. The zero-order valence-electron chi connectivity index (χ0n) is 15.9. The highest BCUT2D eigenvalue weighted by Crippen LogP contribution is 2.27. The Kier molecular flexibility index (Phi) is 7.57. The number of nitrogens with one attached hydrogen (secondary N) is 3. The fourth-order valence-corrected chi connectivity index (χ4v) is 3.20. The molecule has 0 aliphatic rings. The number of carbonyl (C=O) groups excluding carboxylic acids is 2. The lowest BCUT2D eigenvalue weighted by Gasteiger charge is -2.15. The van der Waals surface area contributed by atoms with Crippen LogP contribution in [0, 0.1) is 0 Å². The number of ether oxygens (including phenoxy) is 1. The van der Waals surface area contributed by atoms with Crippen molar-refractivity contribution >= 4 is 44.8 Å². The second-order valence-corrected chi connectivity index (χ2v) is 8.32. The van der Waals surface area contributed by atoms with Crippen molar-refractivity contribution in [1.82, 2.24) is 0 Å². The van der Waals surface area contributed by atoms with Gasteiger partial charge in [-0.25, -0.2) is 13.6 Å². The third kappa shape index (κ3) is 7.02. The highest BCUT2D eigenvalue weighted by molar-refractivity contribution is 7.89. The largest absolute Gasteiger partial charge is 0.495 e. The monoisotopic (exact) mass is 441 g/mol. The first-order valence-electron chi connectivity index (χ1n) is 8.46. The summed E-state index contributed by atoms with van der Waals surface area (Å²) in [5, 5.41) is 10.8. The number of amides is 2. The van der Waals surface area contributed by atoms with Crippen LogP contribution < -0.4 is 25.4 Å². The van der Waals surface area contributed by atoms with Gasteiger partial charge < -0.3 is 20.3 Å². The Morgan fingerprint density at radius 1 is 1.07 bits per heavy atom. The first-order chi connectivity index (χ1) is 13.6. The van der Waals surface area contributed by atoms with E-state index in [-0.39, 0.29) is 29.8 Å². The maximum atomic E-state index is 12.2. The zero-order valence-corrected chi connectivity index (χ0v) is 17.4. The predicted molar refractivity (Wildman–Crippen MR) is 110 cm³/mol. The lowest BCUT2D eigenvalue weighted by molar-refractivity contribution is -0.862. The molecule has 0 aromatic heterocycles. The average Bonchev–Trinajstić information content (AvgIpc) is 2.61. The fraction of sp³-hybridized carbons (Fsp3) is 0.222. The molecule has 2 aromatic carbocycles. The highest BCUT2D eigenvalue weighted by atomic mass is 35.5. The van der Waals surface area contributed by atoms with Crippen LogP contribution in [-0.4, -0.2) is 47.5 Å². The number of carbonyl (C=O) groups is 2. The third-order valence-corrected chi connectivity index (χ3v) is 4.99. The second-order valence-electron chi connectivity index (χ2n) is 6.32. The van der Waals surface area contributed by atoms with E-state index in [0.29, 0.717) is 27.0 Å². The summed E-state index contributed by atoms with van der Waals surface area (Å²) in [7, 11) is -0.618. The molecule has 0 saturated carbocycles. The van der Waals surface area contributed by atoms with Crippen molar-refractivity contribution in [2.45, 2.75) is 4.90 Å². The molecule has 2 amide bonds. The average molecular weight is 442 g/mol. The fourth-order valence-electron chi connectivity index (χ4n) is 2.52. The van der Waals surface area contributed by atoms with E-state index in [1.165, 1.54) is 31.4 Å². The van der Waals surface area contributed by atoms with E-state index in [1.807, 2.05) is 0 Å². The number of methoxy groups -OCH3 is 1. The van der Waals surface area contributed by atoms with Crippen molar-refractivity contribution in [1.29, 1.82) is 0 Å². The predicted octanol–water partition coefficient (Wildman–Crippen LogP) is 0.0879. The van der Waals surface area contributed by atoms with Crippen molar-refractivity contribution < 1.29 is 27.6 Å². The molecule has 9 nitrogen and oxygen atoms in total. The molecule has 1 atom stereocenters. The normalized spacial score (nSPS) is 12.1. The first kappa shape index (κ1) is 22.6. The Morgan fingerprint density at radius 2 is 1.66 bits per heavy atom. The standard InChI is InChI=1S/C18H21ClN4O5S/c1-23(11-18(25)22-15-9-12(19)3-8-16(15)28-2)10-17(24)21-13-4-6-14(7-5-13)29(20,26)27/h3-9H,10-11H2,1-2H3,(H,21,24)(H,22,25)(H2,20,26,27)/p+1. The van der Waals surface area contributed by atoms with Crippen LogP contribution in [0.5, 0.6) is 5.75 Å². The van der Waals surface area contributed by atoms with E-state index in [0.717, 1.165) is 0 Å². The number of primary sulfonamides is 1. The van der Waals surface area contributed by atoms with E-state index >= 15 is 0 Å². The molecule has 11 heteroatoms. The molecule has 0 bridgehead atoms. The summed E-state index contributed by atoms with van der Waals surface area (Å²) in [5.74, 6) is -0.173. The van der Waals surface area contributed by atoms with Crippen LogP contribution >= 0.6 is 11.6 Å². The van der Waals surface area contributed by atoms with Crippen molar-refractivity contribution in [2.75, 3.05) is 37.9 Å². The van der Waals surface area contributed by atoms with Gasteiger partial charge in [-0.3, -0.25) is 9.59 Å². The maximum absolute atomic E-state index is 12.2. The molecule has 2 rings (SSSR count). The number of sulfonamides is 1. The molecule has 0 aliphatic heterocycles. The molecule has 0 saturated heterocycles. The molecule has 1 unspecified atom stereocenters. The Labute approximate surface area is 173 Å². The van der Waals surface area contributed by atoms with Gasteiger partial charge >= 0.3 is 0 Å². The second kappa shape index (κ2) is 9.70. The van der Waals surface area contributed by atoms with Crippen molar-refractivity contribution in [2.24, 2.45) is 5.14 Å². The van der Waals surface area contributed by atoms with Gasteiger partial charge in [0.25, 0.3) is 11.8 Å². The highest BCUT2D eigenvalue weighted by Gasteiger charge is 2.16. The van der Waals surface area contributed by atoms with Gasteiger partial charge in [0.1, 0.15) is 5.75 Å². The minimum absolute atomic E-state index is 0.0248. The van der Waals surface area contributed by atoms with E-state index in [2.05, 4.69) is 10.6 Å². The number of benzene rings is 2. The van der Waals surface area contributed by atoms with Crippen LogP contribution in [0.3, 0.4) is 0 Å². The summed E-state index contributed by atoms with van der Waals surface area (Å²) >= 11 is 5.94. The van der Waals surface area contributed by atoms with E-state index in [1.54, 1.807) is 25.2 Å². The van der Waals surface area contributed by atoms with Crippen LogP contribution in [0.4, 0.5) is 11.4 Å². The topological polar surface area (TPSA) is 132 Å². The molecule has 0 spiro atoms. The quantitative estimate of drug-likeness (QED) is 0.461. The Hall–Kier alpha value is -2.66. The molecule has 0 radical (unpaired) electrons. The molecule has 29 heavy (non-hydrogen) atoms. The number of nitrogens with two attached hydrogens (primary N) is 1. The Bertz CT molecular complexity index is 996. The molecule has 2 aromatic rings. The van der Waals surface area contributed by atoms with Gasteiger partial charge in [-0.2, -0.15) is 0 Å². The Balaban J connectivity index is 1.88. The van der Waals surface area contributed by atoms with Crippen LogP contribution in [0.2, 0.25) is 5.02 Å².